The van der Waals surface area contributed by atoms with Gasteiger partial charge in [-0.15, -0.1) is 0 Å². The second-order valence-corrected chi connectivity index (χ2v) is 4.95. The zero-order chi connectivity index (χ0) is 15.6. The summed E-state index contributed by atoms with van der Waals surface area (Å²) >= 11 is 0. The molecule has 21 heavy (non-hydrogen) atoms. The summed E-state index contributed by atoms with van der Waals surface area (Å²) in [5.41, 5.74) is 4.99. The zero-order valence-electron chi connectivity index (χ0n) is 12.2. The van der Waals surface area contributed by atoms with Crippen LogP contribution in [0.25, 0.3) is 0 Å². The molecule has 0 radical (unpaired) electrons. The highest BCUT2D eigenvalue weighted by atomic mass is 19.1. The number of nitrogens with two attached hydrogens (primary N) is 1. The number of halogens is 2. The first-order chi connectivity index (χ1) is 9.97. The fraction of sp³-hybridized carbons (Fsp3) is 0.250. The van der Waals surface area contributed by atoms with E-state index in [1.54, 1.807) is 20.1 Å². The fourth-order valence-corrected chi connectivity index (χ4v) is 2.35. The van der Waals surface area contributed by atoms with Gasteiger partial charge in [0.1, 0.15) is 17.4 Å². The molecule has 0 bridgehead atoms. The molecule has 0 aliphatic heterocycles. The Morgan fingerprint density at radius 2 is 1.71 bits per heavy atom. The van der Waals surface area contributed by atoms with Crippen molar-refractivity contribution >= 4 is 0 Å². The first-order valence-electron chi connectivity index (χ1n) is 6.54. The molecule has 0 fully saturated rings. The summed E-state index contributed by atoms with van der Waals surface area (Å²) in [6.45, 7) is 3.48. The minimum atomic E-state index is -0.628. The normalized spacial score (nSPS) is 12.3. The predicted molar refractivity (Wildman–Crippen MR) is 78.0 cm³/mol. The molecule has 1 unspecified atom stereocenters. The van der Waals surface area contributed by atoms with E-state index in [9.17, 15) is 8.78 Å². The standard InChI is InChI=1S/C16H18F2N2O/c1-9-6-11(21-3)4-5-12(9)16(20-19)13-7-10(2)14(17)8-15(13)18/h4-8,16,20H,19H2,1-3H3. The summed E-state index contributed by atoms with van der Waals surface area (Å²) in [6.07, 6.45) is 0. The largest absolute Gasteiger partial charge is 0.497 e. The number of nitrogens with one attached hydrogen (secondary N) is 1. The number of ether oxygens (including phenoxy) is 1. The molecule has 2 aromatic carbocycles. The number of hydrazine groups is 1. The highest BCUT2D eigenvalue weighted by Crippen LogP contribution is 2.29. The second-order valence-electron chi connectivity index (χ2n) is 4.95. The molecule has 2 aromatic rings. The lowest BCUT2D eigenvalue weighted by Crippen LogP contribution is -2.30. The lowest BCUT2D eigenvalue weighted by molar-refractivity contribution is 0.414. The van der Waals surface area contributed by atoms with E-state index in [1.807, 2.05) is 19.1 Å². The monoisotopic (exact) mass is 292 g/mol. The molecule has 1 atom stereocenters. The Kier molecular flexibility index (Phi) is 4.55. The minimum Gasteiger partial charge on any atom is -0.497 e. The molecule has 0 aromatic heterocycles. The Bertz CT molecular complexity index is 659. The Labute approximate surface area is 122 Å². The Balaban J connectivity index is 2.52. The van der Waals surface area contributed by atoms with Crippen molar-refractivity contribution < 1.29 is 13.5 Å². The van der Waals surface area contributed by atoms with Crippen LogP contribution in [-0.2, 0) is 0 Å². The summed E-state index contributed by atoms with van der Waals surface area (Å²) in [4.78, 5) is 0. The molecule has 112 valence electrons. The second kappa shape index (κ2) is 6.20. The van der Waals surface area contributed by atoms with Crippen molar-refractivity contribution in [3.05, 3.63) is 64.2 Å². The number of hydrogen-bond donors (Lipinski definition) is 2. The lowest BCUT2D eigenvalue weighted by Gasteiger charge is -2.21. The first-order valence-corrected chi connectivity index (χ1v) is 6.54. The molecule has 3 nitrogen and oxygen atoms in total. The average Bonchev–Trinajstić information content (AvgIpc) is 2.46. The third kappa shape index (κ3) is 3.04. The third-order valence-electron chi connectivity index (χ3n) is 3.54. The van der Waals surface area contributed by atoms with Crippen molar-refractivity contribution in [1.29, 1.82) is 0 Å². The summed E-state index contributed by atoms with van der Waals surface area (Å²) in [7, 11) is 1.58. The van der Waals surface area contributed by atoms with Crippen LogP contribution in [0.3, 0.4) is 0 Å². The maximum absolute atomic E-state index is 14.1. The number of aryl methyl sites for hydroxylation is 2. The maximum atomic E-state index is 14.1. The minimum absolute atomic E-state index is 0.310. The van der Waals surface area contributed by atoms with Crippen LogP contribution in [0.5, 0.6) is 5.75 Å². The third-order valence-corrected chi connectivity index (χ3v) is 3.54. The van der Waals surface area contributed by atoms with E-state index in [-0.39, 0.29) is 0 Å². The predicted octanol–water partition coefficient (Wildman–Crippen LogP) is 3.14. The summed E-state index contributed by atoms with van der Waals surface area (Å²) in [5.74, 6) is 5.10. The quantitative estimate of drug-likeness (QED) is 0.672. The zero-order valence-corrected chi connectivity index (χ0v) is 12.2. The van der Waals surface area contributed by atoms with Crippen LogP contribution < -0.4 is 16.0 Å². The molecule has 0 spiro atoms. The van der Waals surface area contributed by atoms with E-state index in [0.717, 1.165) is 17.2 Å². The molecule has 0 amide bonds. The average molecular weight is 292 g/mol. The van der Waals surface area contributed by atoms with Gasteiger partial charge in [-0.25, -0.2) is 14.2 Å². The highest BCUT2D eigenvalue weighted by Gasteiger charge is 2.20. The molecule has 0 aliphatic rings. The van der Waals surface area contributed by atoms with Gasteiger partial charge in [-0.3, -0.25) is 5.84 Å². The molecular weight excluding hydrogens is 274 g/mol. The van der Waals surface area contributed by atoms with Crippen molar-refractivity contribution in [2.75, 3.05) is 7.11 Å². The molecule has 0 aliphatic carbocycles. The summed E-state index contributed by atoms with van der Waals surface area (Å²) in [5, 5.41) is 0. The van der Waals surface area contributed by atoms with Crippen molar-refractivity contribution in [2.24, 2.45) is 5.84 Å². The van der Waals surface area contributed by atoms with Gasteiger partial charge >= 0.3 is 0 Å². The number of rotatable bonds is 4. The van der Waals surface area contributed by atoms with Gasteiger partial charge < -0.3 is 4.74 Å². The van der Waals surface area contributed by atoms with Crippen LogP contribution in [0.4, 0.5) is 8.78 Å². The van der Waals surface area contributed by atoms with E-state index in [2.05, 4.69) is 5.43 Å². The van der Waals surface area contributed by atoms with E-state index in [4.69, 9.17) is 10.6 Å². The van der Waals surface area contributed by atoms with Gasteiger partial charge in [0.2, 0.25) is 0 Å². The van der Waals surface area contributed by atoms with Crippen LogP contribution in [0.1, 0.15) is 28.3 Å². The molecule has 5 heteroatoms. The van der Waals surface area contributed by atoms with Gasteiger partial charge in [0.25, 0.3) is 0 Å². The fourth-order valence-electron chi connectivity index (χ4n) is 2.35. The van der Waals surface area contributed by atoms with E-state index in [0.29, 0.717) is 16.9 Å². The molecule has 2 rings (SSSR count). The van der Waals surface area contributed by atoms with E-state index >= 15 is 0 Å². The topological polar surface area (TPSA) is 47.3 Å². The van der Waals surface area contributed by atoms with Gasteiger partial charge in [0.15, 0.2) is 0 Å². The van der Waals surface area contributed by atoms with Crippen molar-refractivity contribution in [2.45, 2.75) is 19.9 Å². The molecule has 0 saturated carbocycles. The Hall–Kier alpha value is -1.98. The van der Waals surface area contributed by atoms with Crippen molar-refractivity contribution in [3.63, 3.8) is 0 Å². The van der Waals surface area contributed by atoms with E-state index < -0.39 is 17.7 Å². The van der Waals surface area contributed by atoms with Gasteiger partial charge in [-0.1, -0.05) is 6.07 Å². The van der Waals surface area contributed by atoms with Crippen molar-refractivity contribution in [3.8, 4) is 5.75 Å². The van der Waals surface area contributed by atoms with Gasteiger partial charge in [-0.2, -0.15) is 0 Å². The van der Waals surface area contributed by atoms with Gasteiger partial charge in [-0.05, 0) is 48.7 Å². The van der Waals surface area contributed by atoms with Crippen LogP contribution in [0.2, 0.25) is 0 Å². The summed E-state index contributed by atoms with van der Waals surface area (Å²) < 4.78 is 32.6. The smallest absolute Gasteiger partial charge is 0.131 e. The first kappa shape index (κ1) is 15.4. The Morgan fingerprint density at radius 3 is 2.29 bits per heavy atom. The van der Waals surface area contributed by atoms with Gasteiger partial charge in [0, 0.05) is 11.6 Å². The van der Waals surface area contributed by atoms with E-state index in [1.165, 1.54) is 6.07 Å². The molecular formula is C16H18F2N2O. The van der Waals surface area contributed by atoms with Crippen LogP contribution in [0, 0.1) is 25.5 Å². The van der Waals surface area contributed by atoms with Crippen molar-refractivity contribution in [1.82, 2.24) is 5.43 Å². The molecule has 3 N–H and O–H groups in total. The summed E-state index contributed by atoms with van der Waals surface area (Å²) in [6, 6.07) is 7.23. The highest BCUT2D eigenvalue weighted by molar-refractivity contribution is 5.42. The van der Waals surface area contributed by atoms with Crippen LogP contribution >= 0.6 is 0 Å². The number of benzene rings is 2. The van der Waals surface area contributed by atoms with Crippen LogP contribution in [-0.4, -0.2) is 7.11 Å². The molecule has 0 heterocycles. The van der Waals surface area contributed by atoms with Gasteiger partial charge in [0.05, 0.1) is 13.2 Å². The van der Waals surface area contributed by atoms with Crippen LogP contribution in [0.15, 0.2) is 30.3 Å². The lowest BCUT2D eigenvalue weighted by atomic mass is 9.94. The SMILES string of the molecule is COc1ccc(C(NN)c2cc(C)c(F)cc2F)c(C)c1. The Morgan fingerprint density at radius 1 is 1.00 bits per heavy atom. The molecule has 0 saturated heterocycles. The number of methoxy groups -OCH3 is 1. The maximum Gasteiger partial charge on any atom is 0.131 e. The number of hydrogen-bond acceptors (Lipinski definition) is 3.